The number of hydrogen-bond acceptors (Lipinski definition) is 4. The molecule has 1 aromatic rings. The average molecular weight is 322 g/mol. The summed E-state index contributed by atoms with van der Waals surface area (Å²) in [5, 5.41) is 2.96. The van der Waals surface area contributed by atoms with Crippen molar-refractivity contribution >= 4 is 28.3 Å². The van der Waals surface area contributed by atoms with Crippen LogP contribution in [0.3, 0.4) is 0 Å². The molecular formula is C12H20ClN3O3S. The van der Waals surface area contributed by atoms with E-state index in [4.69, 9.17) is 0 Å². The lowest BCUT2D eigenvalue weighted by atomic mass is 10.2. The van der Waals surface area contributed by atoms with E-state index in [1.165, 1.54) is 31.3 Å². The van der Waals surface area contributed by atoms with Gasteiger partial charge in [0, 0.05) is 25.7 Å². The van der Waals surface area contributed by atoms with Crippen molar-refractivity contribution in [3.05, 3.63) is 29.8 Å². The van der Waals surface area contributed by atoms with Gasteiger partial charge in [-0.15, -0.1) is 12.4 Å². The molecule has 0 bridgehead atoms. The van der Waals surface area contributed by atoms with Crippen molar-refractivity contribution in [2.45, 2.75) is 4.90 Å². The minimum absolute atomic E-state index is 0. The minimum atomic E-state index is -3.46. The van der Waals surface area contributed by atoms with Gasteiger partial charge in [0.2, 0.25) is 10.0 Å². The molecule has 8 heteroatoms. The topological polar surface area (TPSA) is 78.5 Å². The van der Waals surface area contributed by atoms with E-state index in [9.17, 15) is 13.2 Å². The smallest absolute Gasteiger partial charge is 0.253 e. The van der Waals surface area contributed by atoms with Gasteiger partial charge in [0.25, 0.3) is 5.91 Å². The molecule has 1 aromatic carbocycles. The molecule has 0 aromatic heterocycles. The molecule has 0 saturated heterocycles. The molecule has 0 unspecified atom stereocenters. The van der Waals surface area contributed by atoms with Gasteiger partial charge < -0.3 is 10.2 Å². The van der Waals surface area contributed by atoms with Gasteiger partial charge in [0.15, 0.2) is 0 Å². The van der Waals surface area contributed by atoms with Crippen LogP contribution in [0.5, 0.6) is 0 Å². The van der Waals surface area contributed by atoms with E-state index in [-0.39, 0.29) is 23.2 Å². The molecule has 20 heavy (non-hydrogen) atoms. The molecule has 0 aliphatic rings. The molecule has 0 aliphatic heterocycles. The van der Waals surface area contributed by atoms with Crippen LogP contribution in [0.1, 0.15) is 10.4 Å². The molecule has 6 nitrogen and oxygen atoms in total. The molecule has 0 spiro atoms. The average Bonchev–Trinajstić information content (AvgIpc) is 2.44. The van der Waals surface area contributed by atoms with E-state index in [0.717, 1.165) is 0 Å². The monoisotopic (exact) mass is 321 g/mol. The first-order chi connectivity index (χ1) is 8.92. The molecule has 0 saturated carbocycles. The maximum atomic E-state index is 12.0. The predicted octanol–water partition coefficient (Wildman–Crippen LogP) is 0.308. The number of nitrogens with one attached hydrogen (secondary N) is 2. The summed E-state index contributed by atoms with van der Waals surface area (Å²) >= 11 is 0. The molecule has 0 atom stereocenters. The molecular weight excluding hydrogens is 302 g/mol. The van der Waals surface area contributed by atoms with Crippen LogP contribution in [0.25, 0.3) is 0 Å². The Labute approximate surface area is 126 Å². The fourth-order valence-corrected chi connectivity index (χ4v) is 2.23. The van der Waals surface area contributed by atoms with E-state index in [1.807, 2.05) is 7.05 Å². The number of carbonyl (C=O) groups is 1. The molecule has 0 radical (unpaired) electrons. The van der Waals surface area contributed by atoms with Crippen LogP contribution in [-0.2, 0) is 10.0 Å². The van der Waals surface area contributed by atoms with Gasteiger partial charge in [-0.1, -0.05) is 0 Å². The van der Waals surface area contributed by atoms with Crippen LogP contribution in [0.15, 0.2) is 29.2 Å². The highest BCUT2D eigenvalue weighted by Crippen LogP contribution is 2.11. The number of amides is 1. The summed E-state index contributed by atoms with van der Waals surface area (Å²) in [6.45, 7) is 1.29. The molecule has 0 heterocycles. The van der Waals surface area contributed by atoms with Crippen molar-refractivity contribution in [1.29, 1.82) is 0 Å². The molecule has 1 rings (SSSR count). The number of sulfonamides is 1. The fourth-order valence-electron chi connectivity index (χ4n) is 1.50. The van der Waals surface area contributed by atoms with Crippen LogP contribution >= 0.6 is 12.4 Å². The standard InChI is InChI=1S/C12H19N3O3S.ClH/c1-13-8-9-15(3)12(16)10-4-6-11(7-5-10)19(17,18)14-2;/h4-7,13-14H,8-9H2,1-3H3;1H. The maximum absolute atomic E-state index is 12.0. The van der Waals surface area contributed by atoms with Gasteiger partial charge in [0.1, 0.15) is 0 Å². The molecule has 2 N–H and O–H groups in total. The Balaban J connectivity index is 0.00000361. The Bertz CT molecular complexity index is 531. The highest BCUT2D eigenvalue weighted by Gasteiger charge is 2.14. The van der Waals surface area contributed by atoms with Crippen molar-refractivity contribution < 1.29 is 13.2 Å². The number of rotatable bonds is 6. The summed E-state index contributed by atoms with van der Waals surface area (Å²) in [5.41, 5.74) is 0.466. The van der Waals surface area contributed by atoms with E-state index in [1.54, 1.807) is 11.9 Å². The lowest BCUT2D eigenvalue weighted by Gasteiger charge is -2.17. The minimum Gasteiger partial charge on any atom is -0.340 e. The lowest BCUT2D eigenvalue weighted by molar-refractivity contribution is 0.0797. The third kappa shape index (κ3) is 4.75. The first-order valence-electron chi connectivity index (χ1n) is 5.86. The quantitative estimate of drug-likeness (QED) is 0.790. The number of carbonyl (C=O) groups excluding carboxylic acids is 1. The van der Waals surface area contributed by atoms with E-state index in [0.29, 0.717) is 18.7 Å². The van der Waals surface area contributed by atoms with Crippen molar-refractivity contribution in [3.63, 3.8) is 0 Å². The first kappa shape index (κ1) is 18.9. The van der Waals surface area contributed by atoms with Crippen LogP contribution < -0.4 is 10.0 Å². The van der Waals surface area contributed by atoms with Gasteiger partial charge in [-0.05, 0) is 38.4 Å². The second kappa shape index (κ2) is 8.21. The Morgan fingerprint density at radius 3 is 2.20 bits per heavy atom. The van der Waals surface area contributed by atoms with E-state index < -0.39 is 10.0 Å². The number of halogens is 1. The van der Waals surface area contributed by atoms with E-state index in [2.05, 4.69) is 10.0 Å². The maximum Gasteiger partial charge on any atom is 0.253 e. The Kier molecular flexibility index (Phi) is 7.74. The SMILES string of the molecule is CNCCN(C)C(=O)c1ccc(S(=O)(=O)NC)cc1.Cl. The van der Waals surface area contributed by atoms with Crippen LogP contribution in [-0.4, -0.2) is 53.5 Å². The van der Waals surface area contributed by atoms with Crippen molar-refractivity contribution in [3.8, 4) is 0 Å². The Hall–Kier alpha value is -1.15. The van der Waals surface area contributed by atoms with Gasteiger partial charge in [-0.3, -0.25) is 4.79 Å². The highest BCUT2D eigenvalue weighted by molar-refractivity contribution is 7.89. The first-order valence-corrected chi connectivity index (χ1v) is 7.34. The summed E-state index contributed by atoms with van der Waals surface area (Å²) in [5.74, 6) is -0.136. The molecule has 114 valence electrons. The molecule has 0 aliphatic carbocycles. The lowest BCUT2D eigenvalue weighted by Crippen LogP contribution is -2.32. The Morgan fingerprint density at radius 1 is 1.20 bits per heavy atom. The van der Waals surface area contributed by atoms with Crippen molar-refractivity contribution in [2.24, 2.45) is 0 Å². The summed E-state index contributed by atoms with van der Waals surface area (Å²) in [4.78, 5) is 13.7. The third-order valence-electron chi connectivity index (χ3n) is 2.72. The molecule has 0 fully saturated rings. The van der Waals surface area contributed by atoms with Gasteiger partial charge in [0.05, 0.1) is 4.90 Å². The van der Waals surface area contributed by atoms with Crippen LogP contribution in [0, 0.1) is 0 Å². The van der Waals surface area contributed by atoms with Crippen LogP contribution in [0.4, 0.5) is 0 Å². The number of likely N-dealkylation sites (N-methyl/N-ethyl adjacent to an activating group) is 2. The highest BCUT2D eigenvalue weighted by atomic mass is 35.5. The molecule has 1 amide bonds. The van der Waals surface area contributed by atoms with Gasteiger partial charge in [-0.25, -0.2) is 13.1 Å². The summed E-state index contributed by atoms with van der Waals surface area (Å²) in [6.07, 6.45) is 0. The zero-order valence-electron chi connectivity index (χ0n) is 11.7. The summed E-state index contributed by atoms with van der Waals surface area (Å²) < 4.78 is 25.3. The second-order valence-electron chi connectivity index (χ2n) is 4.06. The van der Waals surface area contributed by atoms with Gasteiger partial charge >= 0.3 is 0 Å². The normalized spacial score (nSPS) is 10.8. The Morgan fingerprint density at radius 2 is 1.75 bits per heavy atom. The number of hydrogen-bond donors (Lipinski definition) is 2. The van der Waals surface area contributed by atoms with E-state index >= 15 is 0 Å². The van der Waals surface area contributed by atoms with Crippen molar-refractivity contribution in [1.82, 2.24) is 14.9 Å². The third-order valence-corrected chi connectivity index (χ3v) is 4.15. The summed E-state index contributed by atoms with van der Waals surface area (Å²) in [7, 11) is 1.41. The number of nitrogens with zero attached hydrogens (tertiary/aromatic N) is 1. The fraction of sp³-hybridized carbons (Fsp3) is 0.417. The van der Waals surface area contributed by atoms with Crippen LogP contribution in [0.2, 0.25) is 0 Å². The second-order valence-corrected chi connectivity index (χ2v) is 5.95. The predicted molar refractivity (Wildman–Crippen MR) is 80.8 cm³/mol. The van der Waals surface area contributed by atoms with Gasteiger partial charge in [-0.2, -0.15) is 0 Å². The van der Waals surface area contributed by atoms with Crippen molar-refractivity contribution in [2.75, 3.05) is 34.2 Å². The largest absolute Gasteiger partial charge is 0.340 e. The summed E-state index contributed by atoms with van der Waals surface area (Å²) in [6, 6.07) is 5.88. The number of benzene rings is 1. The zero-order valence-corrected chi connectivity index (χ0v) is 13.3. The zero-order chi connectivity index (χ0) is 14.5.